The van der Waals surface area contributed by atoms with Gasteiger partial charge in [0, 0.05) is 11.7 Å². The Morgan fingerprint density at radius 1 is 1.27 bits per heavy atom. The molecule has 1 aliphatic heterocycles. The van der Waals surface area contributed by atoms with E-state index in [0.717, 1.165) is 25.1 Å². The fourth-order valence-corrected chi connectivity index (χ4v) is 3.50. The van der Waals surface area contributed by atoms with Crippen LogP contribution < -0.4 is 10.1 Å². The SMILES string of the molecule is COc1ccc([C@@H]2CCCN2[C@H](C)C(=O)Nc2ccc(C)c(F)c2)cc1. The number of methoxy groups -OCH3 is 1. The highest BCUT2D eigenvalue weighted by Crippen LogP contribution is 2.34. The third-order valence-electron chi connectivity index (χ3n) is 5.11. The molecule has 0 bridgehead atoms. The normalized spacial score (nSPS) is 18.5. The van der Waals surface area contributed by atoms with Crippen LogP contribution in [-0.4, -0.2) is 30.5 Å². The van der Waals surface area contributed by atoms with Gasteiger partial charge < -0.3 is 10.1 Å². The number of hydrogen-bond acceptors (Lipinski definition) is 3. The molecule has 0 aliphatic carbocycles. The lowest BCUT2D eigenvalue weighted by molar-refractivity contribution is -0.121. The monoisotopic (exact) mass is 356 g/mol. The van der Waals surface area contributed by atoms with Gasteiger partial charge in [-0.1, -0.05) is 18.2 Å². The molecule has 1 fully saturated rings. The number of nitrogens with one attached hydrogen (secondary N) is 1. The summed E-state index contributed by atoms with van der Waals surface area (Å²) in [4.78, 5) is 14.9. The van der Waals surface area contributed by atoms with Crippen LogP contribution in [0.25, 0.3) is 0 Å². The number of aryl methyl sites for hydroxylation is 1. The van der Waals surface area contributed by atoms with Crippen LogP contribution in [0.2, 0.25) is 0 Å². The van der Waals surface area contributed by atoms with Gasteiger partial charge >= 0.3 is 0 Å². The molecule has 0 radical (unpaired) electrons. The third kappa shape index (κ3) is 3.88. The molecule has 2 aromatic rings. The van der Waals surface area contributed by atoms with Gasteiger partial charge in [0.1, 0.15) is 11.6 Å². The highest BCUT2D eigenvalue weighted by molar-refractivity contribution is 5.94. The Morgan fingerprint density at radius 3 is 2.65 bits per heavy atom. The quantitative estimate of drug-likeness (QED) is 0.868. The smallest absolute Gasteiger partial charge is 0.241 e. The second kappa shape index (κ2) is 7.87. The second-order valence-corrected chi connectivity index (χ2v) is 6.80. The Kier molecular flexibility index (Phi) is 5.57. The molecule has 4 nitrogen and oxygen atoms in total. The van der Waals surface area contributed by atoms with Crippen molar-refractivity contribution < 1.29 is 13.9 Å². The Bertz CT molecular complexity index is 776. The Morgan fingerprint density at radius 2 is 2.00 bits per heavy atom. The van der Waals surface area contributed by atoms with E-state index in [-0.39, 0.29) is 23.8 Å². The molecule has 0 saturated carbocycles. The van der Waals surface area contributed by atoms with Crippen molar-refractivity contribution in [2.45, 2.75) is 38.8 Å². The molecule has 0 unspecified atom stereocenters. The van der Waals surface area contributed by atoms with Gasteiger partial charge in [-0.25, -0.2) is 4.39 Å². The van der Waals surface area contributed by atoms with Crippen molar-refractivity contribution in [1.82, 2.24) is 4.90 Å². The van der Waals surface area contributed by atoms with E-state index in [2.05, 4.69) is 22.3 Å². The van der Waals surface area contributed by atoms with E-state index >= 15 is 0 Å². The van der Waals surface area contributed by atoms with Gasteiger partial charge in [-0.15, -0.1) is 0 Å². The maximum absolute atomic E-state index is 13.7. The van der Waals surface area contributed by atoms with Crippen LogP contribution in [0.4, 0.5) is 10.1 Å². The topological polar surface area (TPSA) is 41.6 Å². The summed E-state index contributed by atoms with van der Waals surface area (Å²) < 4.78 is 18.9. The minimum atomic E-state index is -0.312. The summed E-state index contributed by atoms with van der Waals surface area (Å²) >= 11 is 0. The lowest BCUT2D eigenvalue weighted by Gasteiger charge is -2.30. The molecule has 26 heavy (non-hydrogen) atoms. The molecule has 0 spiro atoms. The lowest BCUT2D eigenvalue weighted by atomic mass is 10.0. The first kappa shape index (κ1) is 18.4. The number of amides is 1. The van der Waals surface area contributed by atoms with E-state index < -0.39 is 0 Å². The van der Waals surface area contributed by atoms with E-state index in [1.807, 2.05) is 19.1 Å². The predicted octanol–water partition coefficient (Wildman–Crippen LogP) is 4.31. The minimum absolute atomic E-state index is 0.117. The molecular weight excluding hydrogens is 331 g/mol. The van der Waals surface area contributed by atoms with Gasteiger partial charge in [0.25, 0.3) is 0 Å². The molecule has 2 aromatic carbocycles. The van der Waals surface area contributed by atoms with Gasteiger partial charge in [0.15, 0.2) is 0 Å². The molecule has 5 heteroatoms. The molecular formula is C21H25FN2O2. The Balaban J connectivity index is 1.71. The molecule has 1 saturated heterocycles. The Labute approximate surface area is 154 Å². The fourth-order valence-electron chi connectivity index (χ4n) is 3.50. The average Bonchev–Trinajstić information content (AvgIpc) is 3.14. The van der Waals surface area contributed by atoms with Crippen molar-refractivity contribution in [3.05, 3.63) is 59.4 Å². The number of carbonyl (C=O) groups is 1. The van der Waals surface area contributed by atoms with Gasteiger partial charge in [0.2, 0.25) is 5.91 Å². The van der Waals surface area contributed by atoms with Gasteiger partial charge in [0.05, 0.1) is 13.2 Å². The second-order valence-electron chi connectivity index (χ2n) is 6.80. The molecule has 2 atom stereocenters. The standard InChI is InChI=1S/C21H25FN2O2/c1-14-6-9-17(13-19(14)22)23-21(25)15(2)24-12-4-5-20(24)16-7-10-18(26-3)11-8-16/h6-11,13,15,20H,4-5,12H2,1-3H3,(H,23,25)/t15-,20+/m1/s1. The number of likely N-dealkylation sites (tertiary alicyclic amines) is 1. The van der Waals surface area contributed by atoms with Gasteiger partial charge in [-0.2, -0.15) is 0 Å². The van der Waals surface area contributed by atoms with Crippen molar-refractivity contribution >= 4 is 11.6 Å². The molecule has 1 N–H and O–H groups in total. The number of halogens is 1. The maximum Gasteiger partial charge on any atom is 0.241 e. The molecule has 1 heterocycles. The number of anilines is 1. The van der Waals surface area contributed by atoms with E-state index in [1.165, 1.54) is 11.6 Å². The van der Waals surface area contributed by atoms with Crippen molar-refractivity contribution in [3.8, 4) is 5.75 Å². The zero-order valence-corrected chi connectivity index (χ0v) is 15.5. The number of benzene rings is 2. The van der Waals surface area contributed by atoms with Crippen LogP contribution in [0, 0.1) is 12.7 Å². The zero-order valence-electron chi connectivity index (χ0n) is 15.5. The van der Waals surface area contributed by atoms with Crippen LogP contribution in [0.3, 0.4) is 0 Å². The molecule has 3 rings (SSSR count). The van der Waals surface area contributed by atoms with Crippen LogP contribution in [0.5, 0.6) is 5.75 Å². The maximum atomic E-state index is 13.7. The summed E-state index contributed by atoms with van der Waals surface area (Å²) in [5.74, 6) is 0.395. The van der Waals surface area contributed by atoms with E-state index in [0.29, 0.717) is 11.3 Å². The summed E-state index contributed by atoms with van der Waals surface area (Å²) in [6, 6.07) is 12.7. The summed E-state index contributed by atoms with van der Waals surface area (Å²) in [6.07, 6.45) is 2.07. The largest absolute Gasteiger partial charge is 0.497 e. The summed E-state index contributed by atoms with van der Waals surface area (Å²) in [6.45, 7) is 4.47. The minimum Gasteiger partial charge on any atom is -0.497 e. The molecule has 1 aliphatic rings. The molecule has 0 aromatic heterocycles. The lowest BCUT2D eigenvalue weighted by Crippen LogP contribution is -2.41. The van der Waals surface area contributed by atoms with Gasteiger partial charge in [-0.3, -0.25) is 9.69 Å². The van der Waals surface area contributed by atoms with Crippen LogP contribution >= 0.6 is 0 Å². The summed E-state index contributed by atoms with van der Waals surface area (Å²) in [7, 11) is 1.65. The van der Waals surface area contributed by atoms with Gasteiger partial charge in [-0.05, 0) is 68.6 Å². The number of carbonyl (C=O) groups excluding carboxylic acids is 1. The average molecular weight is 356 g/mol. The van der Waals surface area contributed by atoms with E-state index in [4.69, 9.17) is 4.74 Å². The number of rotatable bonds is 5. The van der Waals surface area contributed by atoms with Crippen LogP contribution in [0.1, 0.15) is 36.9 Å². The first-order chi connectivity index (χ1) is 12.5. The first-order valence-corrected chi connectivity index (χ1v) is 8.96. The van der Waals surface area contributed by atoms with E-state index in [9.17, 15) is 9.18 Å². The first-order valence-electron chi connectivity index (χ1n) is 8.96. The number of nitrogens with zero attached hydrogens (tertiary/aromatic N) is 1. The van der Waals surface area contributed by atoms with Crippen molar-refractivity contribution in [1.29, 1.82) is 0 Å². The van der Waals surface area contributed by atoms with Crippen LogP contribution in [-0.2, 0) is 4.79 Å². The predicted molar refractivity (Wildman–Crippen MR) is 101 cm³/mol. The van der Waals surface area contributed by atoms with Crippen molar-refractivity contribution in [3.63, 3.8) is 0 Å². The Hall–Kier alpha value is -2.40. The fraction of sp³-hybridized carbons (Fsp3) is 0.381. The number of hydrogen-bond donors (Lipinski definition) is 1. The van der Waals surface area contributed by atoms with Crippen molar-refractivity contribution in [2.75, 3.05) is 19.0 Å². The summed E-state index contributed by atoms with van der Waals surface area (Å²) in [5, 5.41) is 2.84. The highest BCUT2D eigenvalue weighted by atomic mass is 19.1. The summed E-state index contributed by atoms with van der Waals surface area (Å²) in [5.41, 5.74) is 2.24. The molecule has 138 valence electrons. The van der Waals surface area contributed by atoms with Crippen molar-refractivity contribution in [2.24, 2.45) is 0 Å². The van der Waals surface area contributed by atoms with Crippen LogP contribution in [0.15, 0.2) is 42.5 Å². The molecule has 1 amide bonds. The third-order valence-corrected chi connectivity index (χ3v) is 5.11. The number of ether oxygens (including phenoxy) is 1. The highest BCUT2D eigenvalue weighted by Gasteiger charge is 2.33. The van der Waals surface area contributed by atoms with E-state index in [1.54, 1.807) is 26.2 Å². The zero-order chi connectivity index (χ0) is 18.7.